The van der Waals surface area contributed by atoms with Crippen molar-refractivity contribution in [1.82, 2.24) is 10.6 Å². The first-order valence-electron chi connectivity index (χ1n) is 9.50. The summed E-state index contributed by atoms with van der Waals surface area (Å²) in [5, 5.41) is 8.58. The van der Waals surface area contributed by atoms with Gasteiger partial charge in [0, 0.05) is 22.9 Å². The van der Waals surface area contributed by atoms with Gasteiger partial charge < -0.3 is 15.4 Å². The molecular formula is C22H27N3O3S. The van der Waals surface area contributed by atoms with E-state index >= 15 is 0 Å². The number of amides is 2. The molecule has 2 aromatic carbocycles. The van der Waals surface area contributed by atoms with Gasteiger partial charge in [0.2, 0.25) is 0 Å². The minimum Gasteiger partial charge on any atom is -0.493 e. The molecule has 0 bridgehead atoms. The molecule has 6 nitrogen and oxygen atoms in total. The van der Waals surface area contributed by atoms with E-state index in [1.807, 2.05) is 13.8 Å². The topological polar surface area (TPSA) is 79.5 Å². The van der Waals surface area contributed by atoms with Crippen LogP contribution in [0.3, 0.4) is 0 Å². The average Bonchev–Trinajstić information content (AvgIpc) is 2.66. The Kier molecular flexibility index (Phi) is 8.15. The van der Waals surface area contributed by atoms with E-state index < -0.39 is 0 Å². The molecule has 0 saturated heterocycles. The summed E-state index contributed by atoms with van der Waals surface area (Å²) in [6, 6.07) is 13.8. The zero-order valence-corrected chi connectivity index (χ0v) is 17.9. The van der Waals surface area contributed by atoms with Crippen LogP contribution in [0.15, 0.2) is 48.5 Å². The Labute approximate surface area is 177 Å². The number of ether oxygens (including phenoxy) is 1. The second-order valence-electron chi connectivity index (χ2n) is 7.34. The lowest BCUT2D eigenvalue weighted by atomic mass is 10.2. The summed E-state index contributed by atoms with van der Waals surface area (Å²) >= 11 is 5.20. The van der Waals surface area contributed by atoms with Gasteiger partial charge in [0.15, 0.2) is 5.11 Å². The Morgan fingerprint density at radius 2 is 1.45 bits per heavy atom. The molecule has 3 N–H and O–H groups in total. The Morgan fingerprint density at radius 1 is 0.897 bits per heavy atom. The second kappa shape index (κ2) is 10.6. The molecule has 0 aliphatic heterocycles. The number of hydrogen-bond acceptors (Lipinski definition) is 4. The van der Waals surface area contributed by atoms with Crippen LogP contribution in [-0.2, 0) is 0 Å². The van der Waals surface area contributed by atoms with Gasteiger partial charge in [-0.1, -0.05) is 13.8 Å². The minimum atomic E-state index is -0.314. The Balaban J connectivity index is 1.88. The lowest BCUT2D eigenvalue weighted by molar-refractivity contribution is 0.0941. The van der Waals surface area contributed by atoms with Crippen molar-refractivity contribution in [2.75, 3.05) is 11.9 Å². The van der Waals surface area contributed by atoms with Crippen molar-refractivity contribution < 1.29 is 14.3 Å². The summed E-state index contributed by atoms with van der Waals surface area (Å²) in [5.74, 6) is 0.701. The van der Waals surface area contributed by atoms with E-state index in [2.05, 4.69) is 29.8 Å². The number of carbonyl (C=O) groups excluding carboxylic acids is 2. The first-order valence-corrected chi connectivity index (χ1v) is 9.91. The maximum Gasteiger partial charge on any atom is 0.257 e. The van der Waals surface area contributed by atoms with E-state index in [1.54, 1.807) is 48.5 Å². The van der Waals surface area contributed by atoms with Crippen LogP contribution in [0.4, 0.5) is 5.69 Å². The monoisotopic (exact) mass is 413 g/mol. The fraction of sp³-hybridized carbons (Fsp3) is 0.318. The fourth-order valence-corrected chi connectivity index (χ4v) is 2.56. The van der Waals surface area contributed by atoms with Crippen molar-refractivity contribution >= 4 is 34.8 Å². The molecule has 0 unspecified atom stereocenters. The van der Waals surface area contributed by atoms with Crippen LogP contribution in [0.2, 0.25) is 0 Å². The van der Waals surface area contributed by atoms with Crippen LogP contribution >= 0.6 is 12.2 Å². The zero-order chi connectivity index (χ0) is 21.4. The summed E-state index contributed by atoms with van der Waals surface area (Å²) in [5.41, 5.74) is 1.71. The number of nitrogens with one attached hydrogen (secondary N) is 3. The highest BCUT2D eigenvalue weighted by Gasteiger charge is 2.10. The number of benzene rings is 2. The van der Waals surface area contributed by atoms with Crippen molar-refractivity contribution in [1.29, 1.82) is 0 Å². The molecule has 2 aromatic rings. The van der Waals surface area contributed by atoms with Gasteiger partial charge in [-0.05, 0) is 80.5 Å². The lowest BCUT2D eigenvalue weighted by Crippen LogP contribution is -2.34. The highest BCUT2D eigenvalue weighted by atomic mass is 32.1. The molecule has 0 heterocycles. The fourth-order valence-electron chi connectivity index (χ4n) is 2.35. The number of carbonyl (C=O) groups is 2. The second-order valence-corrected chi connectivity index (χ2v) is 7.75. The molecule has 0 atom stereocenters. The summed E-state index contributed by atoms with van der Waals surface area (Å²) in [4.78, 5) is 24.3. The van der Waals surface area contributed by atoms with Gasteiger partial charge in [-0.15, -0.1) is 0 Å². The Bertz CT molecular complexity index is 847. The van der Waals surface area contributed by atoms with Crippen LogP contribution in [0.25, 0.3) is 0 Å². The van der Waals surface area contributed by atoms with E-state index in [1.165, 1.54) is 0 Å². The van der Waals surface area contributed by atoms with Gasteiger partial charge in [-0.25, -0.2) is 0 Å². The van der Waals surface area contributed by atoms with Crippen molar-refractivity contribution in [3.05, 3.63) is 59.7 Å². The molecule has 0 radical (unpaired) electrons. The van der Waals surface area contributed by atoms with E-state index in [-0.39, 0.29) is 23.0 Å². The number of hydrogen-bond donors (Lipinski definition) is 3. The van der Waals surface area contributed by atoms with Gasteiger partial charge in [-0.3, -0.25) is 14.9 Å². The predicted molar refractivity (Wildman–Crippen MR) is 120 cm³/mol. The average molecular weight is 414 g/mol. The predicted octanol–water partition coefficient (Wildman–Crippen LogP) is 3.99. The molecule has 2 rings (SSSR count). The minimum absolute atomic E-state index is 0.0684. The molecule has 154 valence electrons. The van der Waals surface area contributed by atoms with Crippen LogP contribution in [0, 0.1) is 5.92 Å². The molecule has 7 heteroatoms. The summed E-state index contributed by atoms with van der Waals surface area (Å²) in [7, 11) is 0. The van der Waals surface area contributed by atoms with Crippen molar-refractivity contribution in [2.45, 2.75) is 33.7 Å². The van der Waals surface area contributed by atoms with Crippen LogP contribution in [0.5, 0.6) is 5.75 Å². The summed E-state index contributed by atoms with van der Waals surface area (Å²) in [6.45, 7) is 8.58. The number of anilines is 1. The van der Waals surface area contributed by atoms with Crippen molar-refractivity contribution in [3.63, 3.8) is 0 Å². The van der Waals surface area contributed by atoms with E-state index in [9.17, 15) is 9.59 Å². The lowest BCUT2D eigenvalue weighted by Gasteiger charge is -2.12. The normalized spacial score (nSPS) is 10.6. The van der Waals surface area contributed by atoms with E-state index in [0.717, 1.165) is 5.75 Å². The maximum absolute atomic E-state index is 12.3. The largest absolute Gasteiger partial charge is 0.493 e. The third-order valence-electron chi connectivity index (χ3n) is 3.75. The quantitative estimate of drug-likeness (QED) is 0.598. The molecular weight excluding hydrogens is 386 g/mol. The third-order valence-corrected chi connectivity index (χ3v) is 3.96. The molecule has 0 saturated carbocycles. The highest BCUT2D eigenvalue weighted by molar-refractivity contribution is 7.80. The van der Waals surface area contributed by atoms with Gasteiger partial charge in [0.25, 0.3) is 11.8 Å². The van der Waals surface area contributed by atoms with Gasteiger partial charge >= 0.3 is 0 Å². The molecule has 0 aliphatic rings. The maximum atomic E-state index is 12.3. The first-order chi connectivity index (χ1) is 13.7. The van der Waals surface area contributed by atoms with Crippen LogP contribution in [-0.4, -0.2) is 29.6 Å². The van der Waals surface area contributed by atoms with E-state index in [4.69, 9.17) is 17.0 Å². The third kappa shape index (κ3) is 7.54. The molecule has 0 fully saturated rings. The Morgan fingerprint density at radius 3 is 2.00 bits per heavy atom. The molecule has 0 aliphatic carbocycles. The smallest absolute Gasteiger partial charge is 0.257 e. The summed E-state index contributed by atoms with van der Waals surface area (Å²) in [6.07, 6.45) is 0. The highest BCUT2D eigenvalue weighted by Crippen LogP contribution is 2.14. The van der Waals surface area contributed by atoms with Crippen LogP contribution in [0.1, 0.15) is 48.4 Å². The van der Waals surface area contributed by atoms with Crippen molar-refractivity contribution in [2.24, 2.45) is 5.92 Å². The SMILES string of the molecule is CC(C)COc1ccc(C(=O)NC(=S)Nc2ccc(C(=O)NC(C)C)cc2)cc1. The zero-order valence-electron chi connectivity index (χ0n) is 17.1. The Hall–Kier alpha value is -2.93. The first kappa shape index (κ1) is 22.4. The van der Waals surface area contributed by atoms with Gasteiger partial charge in [0.1, 0.15) is 5.75 Å². The molecule has 29 heavy (non-hydrogen) atoms. The number of rotatable bonds is 7. The van der Waals surface area contributed by atoms with Crippen LogP contribution < -0.4 is 20.7 Å². The number of thiocarbonyl (C=S) groups is 1. The molecule has 0 aromatic heterocycles. The van der Waals surface area contributed by atoms with Gasteiger partial charge in [0.05, 0.1) is 6.61 Å². The van der Waals surface area contributed by atoms with Crippen molar-refractivity contribution in [3.8, 4) is 5.75 Å². The molecule has 0 spiro atoms. The standard InChI is InChI=1S/C22H27N3O3S/c1-14(2)13-28-19-11-7-17(8-12-19)21(27)25-22(29)24-18-9-5-16(6-10-18)20(26)23-15(3)4/h5-12,14-15H,13H2,1-4H3,(H,23,26)(H2,24,25,27,29). The van der Waals surface area contributed by atoms with Gasteiger partial charge in [-0.2, -0.15) is 0 Å². The van der Waals surface area contributed by atoms with E-state index in [0.29, 0.717) is 29.3 Å². The summed E-state index contributed by atoms with van der Waals surface area (Å²) < 4.78 is 5.61. The molecule has 2 amide bonds.